The van der Waals surface area contributed by atoms with Crippen molar-refractivity contribution >= 4 is 11.6 Å². The summed E-state index contributed by atoms with van der Waals surface area (Å²) in [6.07, 6.45) is 8.95. The highest BCUT2D eigenvalue weighted by Crippen LogP contribution is 2.32. The Labute approximate surface area is 172 Å². The Hall–Kier alpha value is -2.43. The van der Waals surface area contributed by atoms with Gasteiger partial charge < -0.3 is 9.30 Å². The summed E-state index contributed by atoms with van der Waals surface area (Å²) in [5.74, 6) is 0.0715. The maximum atomic E-state index is 12.9. The van der Waals surface area contributed by atoms with Crippen molar-refractivity contribution in [1.82, 2.24) is 24.1 Å². The minimum atomic E-state index is -0.597. The van der Waals surface area contributed by atoms with Crippen molar-refractivity contribution in [3.63, 3.8) is 0 Å². The van der Waals surface area contributed by atoms with Crippen molar-refractivity contribution in [3.8, 4) is 6.07 Å². The third-order valence-electron chi connectivity index (χ3n) is 6.53. The molecule has 0 spiro atoms. The largest absolute Gasteiger partial charge is 0.326 e. The number of carbonyl (C=O) groups excluding carboxylic acids is 1. The van der Waals surface area contributed by atoms with Crippen molar-refractivity contribution < 1.29 is 4.79 Å². The van der Waals surface area contributed by atoms with Crippen LogP contribution in [0, 0.1) is 11.3 Å². The first-order valence-corrected chi connectivity index (χ1v) is 10.6. The molecule has 7 heteroatoms. The number of carbonyl (C=O) groups is 1. The molecule has 2 aliphatic rings. The van der Waals surface area contributed by atoms with Gasteiger partial charge in [0.25, 0.3) is 0 Å². The number of amides is 1. The molecule has 0 unspecified atom stereocenters. The number of rotatable bonds is 5. The molecular formula is C22H30N6O. The zero-order valence-corrected chi connectivity index (χ0v) is 17.3. The molecule has 154 valence electrons. The summed E-state index contributed by atoms with van der Waals surface area (Å²) in [5, 5.41) is 9.72. The third-order valence-corrected chi connectivity index (χ3v) is 6.53. The second kappa shape index (κ2) is 8.52. The maximum absolute atomic E-state index is 12.9. The Balaban J connectivity index is 1.28. The lowest BCUT2D eigenvalue weighted by Crippen LogP contribution is -2.54. The van der Waals surface area contributed by atoms with Crippen molar-refractivity contribution in [2.45, 2.75) is 44.2 Å². The smallest absolute Gasteiger partial charge is 0.237 e. The van der Waals surface area contributed by atoms with Crippen LogP contribution in [0.1, 0.15) is 37.8 Å². The fourth-order valence-corrected chi connectivity index (χ4v) is 4.59. The molecular weight excluding hydrogens is 364 g/mol. The number of hydrogen-bond acceptors (Lipinski definition) is 5. The van der Waals surface area contributed by atoms with Gasteiger partial charge in [0.1, 0.15) is 11.2 Å². The van der Waals surface area contributed by atoms with Gasteiger partial charge in [0.2, 0.25) is 5.91 Å². The monoisotopic (exact) mass is 394 g/mol. The van der Waals surface area contributed by atoms with E-state index in [2.05, 4.69) is 31.5 Å². The van der Waals surface area contributed by atoms with E-state index in [-0.39, 0.29) is 5.91 Å². The molecule has 0 radical (unpaired) electrons. The van der Waals surface area contributed by atoms with E-state index in [1.807, 2.05) is 31.4 Å². The molecule has 1 amide bonds. The molecule has 4 rings (SSSR count). The van der Waals surface area contributed by atoms with Gasteiger partial charge in [-0.15, -0.1) is 0 Å². The first-order chi connectivity index (χ1) is 14.1. The predicted octanol–water partition coefficient (Wildman–Crippen LogP) is 2.14. The van der Waals surface area contributed by atoms with Gasteiger partial charge in [-0.25, -0.2) is 4.98 Å². The standard InChI is InChI=1S/C22H30N6O/c1-25(22(18-23)8-4-2-5-9-22)21(29)17-27-13-11-26(12-14-27)15-19-16-28-10-6-3-7-20(28)24-19/h3,6-7,10,16H,2,4-5,8-9,11-15,17H2,1H3. The lowest BCUT2D eigenvalue weighted by molar-refractivity contribution is -0.136. The topological polar surface area (TPSA) is 67.9 Å². The zero-order valence-electron chi connectivity index (χ0n) is 17.3. The van der Waals surface area contributed by atoms with Gasteiger partial charge >= 0.3 is 0 Å². The van der Waals surface area contributed by atoms with Crippen molar-refractivity contribution in [1.29, 1.82) is 5.26 Å². The number of imidazole rings is 1. The van der Waals surface area contributed by atoms with E-state index in [9.17, 15) is 10.1 Å². The first kappa shape index (κ1) is 19.9. The fraction of sp³-hybridized carbons (Fsp3) is 0.591. The van der Waals surface area contributed by atoms with Crippen LogP contribution >= 0.6 is 0 Å². The first-order valence-electron chi connectivity index (χ1n) is 10.6. The quantitative estimate of drug-likeness (QED) is 0.777. The summed E-state index contributed by atoms with van der Waals surface area (Å²) in [6, 6.07) is 8.48. The number of hydrogen-bond donors (Lipinski definition) is 0. The average molecular weight is 395 g/mol. The van der Waals surface area contributed by atoms with Crippen molar-refractivity contribution in [2.75, 3.05) is 39.8 Å². The van der Waals surface area contributed by atoms with E-state index >= 15 is 0 Å². The molecule has 2 aromatic rings. The van der Waals surface area contributed by atoms with E-state index < -0.39 is 5.54 Å². The van der Waals surface area contributed by atoms with E-state index in [1.54, 1.807) is 4.90 Å². The van der Waals surface area contributed by atoms with E-state index in [4.69, 9.17) is 0 Å². The van der Waals surface area contributed by atoms with Crippen LogP contribution in [-0.2, 0) is 11.3 Å². The van der Waals surface area contributed by atoms with Crippen molar-refractivity contribution in [2.24, 2.45) is 0 Å². The SMILES string of the molecule is CN(C(=O)CN1CCN(Cc2cn3ccccc3n2)CC1)C1(C#N)CCCCC1. The Bertz CT molecular complexity index is 853. The highest BCUT2D eigenvalue weighted by atomic mass is 16.2. The molecule has 3 heterocycles. The number of nitriles is 1. The molecule has 0 aromatic carbocycles. The second-order valence-electron chi connectivity index (χ2n) is 8.41. The van der Waals surface area contributed by atoms with E-state index in [0.29, 0.717) is 6.54 Å². The lowest BCUT2D eigenvalue weighted by Gasteiger charge is -2.40. The second-order valence-corrected chi connectivity index (χ2v) is 8.41. The summed E-state index contributed by atoms with van der Waals surface area (Å²) in [5.41, 5.74) is 1.46. The van der Waals surface area contributed by atoms with Crippen LogP contribution in [-0.4, -0.2) is 75.3 Å². The maximum Gasteiger partial charge on any atom is 0.237 e. The van der Waals surface area contributed by atoms with Gasteiger partial charge in [0, 0.05) is 52.2 Å². The van der Waals surface area contributed by atoms with Gasteiger partial charge in [-0.05, 0) is 25.0 Å². The minimum absolute atomic E-state index is 0.0715. The molecule has 1 aliphatic heterocycles. The predicted molar refractivity (Wildman–Crippen MR) is 111 cm³/mol. The van der Waals surface area contributed by atoms with Crippen LogP contribution in [0.15, 0.2) is 30.6 Å². The molecule has 29 heavy (non-hydrogen) atoms. The highest BCUT2D eigenvalue weighted by molar-refractivity contribution is 5.79. The average Bonchev–Trinajstić information content (AvgIpc) is 3.17. The van der Waals surface area contributed by atoms with Gasteiger partial charge in [-0.2, -0.15) is 5.26 Å². The Morgan fingerprint density at radius 2 is 1.90 bits per heavy atom. The Morgan fingerprint density at radius 3 is 2.59 bits per heavy atom. The number of aromatic nitrogens is 2. The summed E-state index contributed by atoms with van der Waals surface area (Å²) in [6.45, 7) is 4.82. The van der Waals surface area contributed by atoms with Crippen LogP contribution in [0.2, 0.25) is 0 Å². The molecule has 1 saturated heterocycles. The number of piperazine rings is 1. The van der Waals surface area contributed by atoms with E-state index in [0.717, 1.165) is 69.7 Å². The van der Waals surface area contributed by atoms with E-state index in [1.165, 1.54) is 6.42 Å². The van der Waals surface area contributed by atoms with Crippen LogP contribution < -0.4 is 0 Å². The summed E-state index contributed by atoms with van der Waals surface area (Å²) in [4.78, 5) is 23.9. The molecule has 2 aromatic heterocycles. The van der Waals surface area contributed by atoms with Gasteiger partial charge in [-0.3, -0.25) is 14.6 Å². The fourth-order valence-electron chi connectivity index (χ4n) is 4.59. The van der Waals surface area contributed by atoms with Crippen LogP contribution in [0.4, 0.5) is 0 Å². The molecule has 1 saturated carbocycles. The Kier molecular flexibility index (Phi) is 5.84. The molecule has 2 fully saturated rings. The van der Waals surface area contributed by atoms with Gasteiger partial charge in [0.05, 0.1) is 18.3 Å². The third kappa shape index (κ3) is 4.29. The number of fused-ring (bicyclic) bond motifs is 1. The molecule has 0 bridgehead atoms. The highest BCUT2D eigenvalue weighted by Gasteiger charge is 2.39. The van der Waals surface area contributed by atoms with Crippen molar-refractivity contribution in [3.05, 3.63) is 36.3 Å². The summed E-state index contributed by atoms with van der Waals surface area (Å²) >= 11 is 0. The number of pyridine rings is 1. The molecule has 7 nitrogen and oxygen atoms in total. The summed E-state index contributed by atoms with van der Waals surface area (Å²) in [7, 11) is 1.82. The van der Waals surface area contributed by atoms with Gasteiger partial charge in [-0.1, -0.05) is 25.3 Å². The van der Waals surface area contributed by atoms with Crippen LogP contribution in [0.5, 0.6) is 0 Å². The van der Waals surface area contributed by atoms with Gasteiger partial charge in [0.15, 0.2) is 0 Å². The molecule has 0 atom stereocenters. The van der Waals surface area contributed by atoms with Crippen LogP contribution in [0.3, 0.4) is 0 Å². The minimum Gasteiger partial charge on any atom is -0.326 e. The molecule has 1 aliphatic carbocycles. The normalized spacial score (nSPS) is 20.4. The number of nitrogens with zero attached hydrogens (tertiary/aromatic N) is 6. The molecule has 0 N–H and O–H groups in total. The number of likely N-dealkylation sites (N-methyl/N-ethyl adjacent to an activating group) is 1. The Morgan fingerprint density at radius 1 is 1.17 bits per heavy atom. The lowest BCUT2D eigenvalue weighted by atomic mass is 9.81. The van der Waals surface area contributed by atoms with Crippen LogP contribution in [0.25, 0.3) is 5.65 Å². The summed E-state index contributed by atoms with van der Waals surface area (Å²) < 4.78 is 2.05. The zero-order chi connectivity index (χ0) is 20.3.